The van der Waals surface area contributed by atoms with Crippen molar-refractivity contribution in [3.8, 4) is 108 Å². The first-order valence-electron chi connectivity index (χ1n) is 47.6. The van der Waals surface area contributed by atoms with Crippen molar-refractivity contribution >= 4 is 110 Å². The van der Waals surface area contributed by atoms with Crippen molar-refractivity contribution in [2.75, 3.05) is 9.80 Å². The number of fused-ring (bicyclic) bond motifs is 18. The Morgan fingerprint density at radius 1 is 0.207 bits per heavy atom. The lowest BCUT2D eigenvalue weighted by molar-refractivity contribution is 0.332. The Balaban J connectivity index is 0.000000109. The molecule has 14 nitrogen and oxygen atoms in total. The third kappa shape index (κ3) is 14.4. The SMILES string of the molecule is N#Cc1ccc2c(c1)c1cc3c4ccccc4n(-c4ccccc4)c3cc1n2-c1cccc(-c2nc(-c3ccccc3)nc(-c3ccccc3)n2)c1.c1ccc(-c2ncc(-c3ccc(N4c5ccccc5C5CC6c7ccccc7N(c7ccccc7)C6CC54)cc3)cn2)cc1.c1ccc(-c2ncc(-c3cccc(-n4c5ccccc5c5cc6c7ccccc7n(-c7ccccc7)c6cc54)c3)cn2)cc1. The molecule has 4 atom stereocenters. The van der Waals surface area contributed by atoms with Crippen molar-refractivity contribution in [1.29, 1.82) is 5.26 Å². The Hall–Kier alpha value is -18.6. The zero-order valence-electron chi connectivity index (χ0n) is 76.0. The van der Waals surface area contributed by atoms with Gasteiger partial charge in [-0.05, 0) is 181 Å². The summed E-state index contributed by atoms with van der Waals surface area (Å²) in [5.74, 6) is 4.31. The minimum atomic E-state index is 0.397. The van der Waals surface area contributed by atoms with Gasteiger partial charge in [0.05, 0.1) is 55.8 Å². The van der Waals surface area contributed by atoms with E-state index >= 15 is 0 Å². The Labute approximate surface area is 807 Å². The van der Waals surface area contributed by atoms with E-state index < -0.39 is 0 Å². The van der Waals surface area contributed by atoms with Gasteiger partial charge in [0.15, 0.2) is 29.1 Å². The monoisotopic (exact) mass is 1790 g/mol. The van der Waals surface area contributed by atoms with Crippen molar-refractivity contribution in [3.05, 3.63) is 490 Å². The molecule has 1 aliphatic carbocycles. The van der Waals surface area contributed by atoms with E-state index in [9.17, 15) is 5.26 Å². The molecule has 0 amide bonds. The number of rotatable bonds is 13. The summed E-state index contributed by atoms with van der Waals surface area (Å²) in [6.07, 6.45) is 9.96. The normalized spacial score (nSPS) is 14.6. The van der Waals surface area contributed by atoms with E-state index in [0.29, 0.717) is 47.0 Å². The molecular formula is C126H86N14. The molecule has 18 aromatic carbocycles. The fraction of sp³-hybridized carbons (Fsp3) is 0.0476. The van der Waals surface area contributed by atoms with Gasteiger partial charge in [-0.1, -0.05) is 303 Å². The number of hydrogen-bond acceptors (Lipinski definition) is 10. The van der Waals surface area contributed by atoms with Crippen molar-refractivity contribution in [3.63, 3.8) is 0 Å². The molecular weight excluding hydrogens is 1710 g/mol. The fourth-order valence-electron chi connectivity index (χ4n) is 22.1. The molecule has 3 aliphatic rings. The van der Waals surface area contributed by atoms with Crippen LogP contribution in [0.25, 0.3) is 189 Å². The molecule has 28 rings (SSSR count). The first-order chi connectivity index (χ1) is 69.4. The predicted octanol–water partition coefficient (Wildman–Crippen LogP) is 30.5. The first kappa shape index (κ1) is 82.1. The largest absolute Gasteiger partial charge is 0.337 e. The number of hydrogen-bond donors (Lipinski definition) is 0. The molecule has 140 heavy (non-hydrogen) atoms. The van der Waals surface area contributed by atoms with Gasteiger partial charge in [-0.3, -0.25) is 0 Å². The highest BCUT2D eigenvalue weighted by atomic mass is 15.3. The van der Waals surface area contributed by atoms with Crippen LogP contribution in [0.4, 0.5) is 22.7 Å². The van der Waals surface area contributed by atoms with Crippen LogP contribution in [0, 0.1) is 11.3 Å². The third-order valence-electron chi connectivity index (χ3n) is 28.3. The molecule has 1 saturated carbocycles. The van der Waals surface area contributed by atoms with E-state index in [0.717, 1.165) is 136 Å². The van der Waals surface area contributed by atoms with E-state index in [1.54, 1.807) is 0 Å². The third-order valence-corrected chi connectivity index (χ3v) is 28.3. The summed E-state index contributed by atoms with van der Waals surface area (Å²) in [7, 11) is 0. The lowest BCUT2D eigenvalue weighted by atomic mass is 9.72. The summed E-state index contributed by atoms with van der Waals surface area (Å²) in [5.41, 5.74) is 31.2. The van der Waals surface area contributed by atoms with Crippen molar-refractivity contribution < 1.29 is 0 Å². The number of aromatic nitrogens is 11. The maximum absolute atomic E-state index is 9.93. The standard InChI is InChI=1S/C46H28N6.C40H26N4.C40H32N4/c47-29-30-23-24-41-37(25-30)39-27-38-36-21-10-11-22-40(36)51(34-18-8-3-9-19-34)42(38)28-43(39)52(41)35-20-12-17-33(26-35)46-49-44(31-13-4-1-5-14-31)48-45(50-46)32-15-6-2-7-16-32;1-3-12-27(13-4-1)40-41-25-29(26-42-40)28-14-11-17-31(22-28)44-37-21-10-8-19-33(37)35-23-34-32-18-7-9-20-36(32)43(38(34)24-39(35)44)30-15-5-2-6-16-30;1-3-11-28(12-4-1)40-41-25-29(26-42-40)27-19-21-31(22-20-27)44-37-18-10-8-16-33(37)35-23-34-32-15-7-9-17-36(32)43(38(34)24-39(35)44)30-13-5-2-6-14-30/h1-28H;1-26H;1-22,25-26,34-35,38-39H,23-24H2. The van der Waals surface area contributed by atoms with Gasteiger partial charge in [0.25, 0.3) is 0 Å². The summed E-state index contributed by atoms with van der Waals surface area (Å²) in [6.45, 7) is 0. The average molecular weight is 1800 g/mol. The van der Waals surface area contributed by atoms with Crippen molar-refractivity contribution in [1.82, 2.24) is 53.2 Å². The molecule has 0 bridgehead atoms. The number of para-hydroxylation sites is 8. The molecule has 2 aliphatic heterocycles. The second-order valence-electron chi connectivity index (χ2n) is 36.2. The predicted molar refractivity (Wildman–Crippen MR) is 570 cm³/mol. The molecule has 0 radical (unpaired) electrons. The maximum Gasteiger partial charge on any atom is 0.164 e. The van der Waals surface area contributed by atoms with E-state index in [4.69, 9.17) is 24.9 Å². The highest BCUT2D eigenvalue weighted by molar-refractivity contribution is 6.21. The zero-order valence-corrected chi connectivity index (χ0v) is 76.0. The zero-order chi connectivity index (χ0) is 92.7. The summed E-state index contributed by atoms with van der Waals surface area (Å²) in [4.78, 5) is 38.9. The van der Waals surface area contributed by atoms with Crippen LogP contribution in [0.1, 0.15) is 41.4 Å². The van der Waals surface area contributed by atoms with Crippen molar-refractivity contribution in [2.24, 2.45) is 0 Å². The van der Waals surface area contributed by atoms with E-state index in [-0.39, 0.29) is 0 Å². The van der Waals surface area contributed by atoms with Gasteiger partial charge in [0, 0.05) is 176 Å². The Morgan fingerprint density at radius 2 is 0.521 bits per heavy atom. The van der Waals surface area contributed by atoms with Crippen LogP contribution in [-0.2, 0) is 0 Å². The van der Waals surface area contributed by atoms with Crippen LogP contribution in [-0.4, -0.2) is 65.2 Å². The molecule has 4 unspecified atom stereocenters. The molecule has 25 aromatic rings. The van der Waals surface area contributed by atoms with E-state index in [1.807, 2.05) is 164 Å². The second kappa shape index (κ2) is 34.7. The molecule has 0 saturated heterocycles. The summed E-state index contributed by atoms with van der Waals surface area (Å²) in [5, 5.41) is 19.4. The van der Waals surface area contributed by atoms with Crippen LogP contribution < -0.4 is 9.80 Å². The number of benzene rings is 18. The Bertz CT molecular complexity index is 9020. The second-order valence-corrected chi connectivity index (χ2v) is 36.2. The minimum absolute atomic E-state index is 0.397. The summed E-state index contributed by atoms with van der Waals surface area (Å²) >= 11 is 0. The molecule has 1 fully saturated rings. The number of nitriles is 1. The quantitative estimate of drug-likeness (QED) is 0.110. The lowest BCUT2D eigenvalue weighted by Crippen LogP contribution is -2.44. The fourth-order valence-corrected chi connectivity index (χ4v) is 22.1. The topological polar surface area (TPSA) is 140 Å². The van der Waals surface area contributed by atoms with Gasteiger partial charge < -0.3 is 28.1 Å². The molecule has 0 spiro atoms. The molecule has 14 heteroatoms. The summed E-state index contributed by atoms with van der Waals surface area (Å²) < 4.78 is 9.40. The van der Waals surface area contributed by atoms with Crippen LogP contribution in [0.5, 0.6) is 0 Å². The van der Waals surface area contributed by atoms with Gasteiger partial charge in [0.2, 0.25) is 0 Å². The molecule has 0 N–H and O–H groups in total. The summed E-state index contributed by atoms with van der Waals surface area (Å²) in [6, 6.07) is 161. The molecule has 660 valence electrons. The number of nitrogens with zero attached hydrogens (tertiary/aromatic N) is 14. The van der Waals surface area contributed by atoms with E-state index in [2.05, 4.69) is 353 Å². The Morgan fingerprint density at radius 3 is 0.957 bits per heavy atom. The highest BCUT2D eigenvalue weighted by Gasteiger charge is 2.52. The van der Waals surface area contributed by atoms with Crippen LogP contribution in [0.3, 0.4) is 0 Å². The minimum Gasteiger partial charge on any atom is -0.337 e. The average Bonchev–Trinajstić information content (AvgIpc) is 1.56. The smallest absolute Gasteiger partial charge is 0.164 e. The van der Waals surface area contributed by atoms with Gasteiger partial charge >= 0.3 is 0 Å². The number of anilines is 4. The maximum atomic E-state index is 9.93. The molecule has 9 heterocycles. The molecule has 7 aromatic heterocycles. The highest BCUT2D eigenvalue weighted by Crippen LogP contribution is 2.60. The Kier molecular flexibility index (Phi) is 20.4. The van der Waals surface area contributed by atoms with Crippen molar-refractivity contribution in [2.45, 2.75) is 36.8 Å². The van der Waals surface area contributed by atoms with Gasteiger partial charge in [-0.2, -0.15) is 5.26 Å². The van der Waals surface area contributed by atoms with E-state index in [1.165, 1.54) is 82.9 Å². The van der Waals surface area contributed by atoms with Gasteiger partial charge in [-0.15, -0.1) is 0 Å². The first-order valence-corrected chi connectivity index (χ1v) is 47.6. The van der Waals surface area contributed by atoms with Gasteiger partial charge in [0.1, 0.15) is 0 Å². The van der Waals surface area contributed by atoms with Crippen LogP contribution in [0.15, 0.2) is 474 Å². The van der Waals surface area contributed by atoms with Crippen LogP contribution in [0.2, 0.25) is 0 Å². The van der Waals surface area contributed by atoms with Gasteiger partial charge in [-0.25, -0.2) is 34.9 Å². The van der Waals surface area contributed by atoms with Crippen LogP contribution >= 0.6 is 0 Å². The lowest BCUT2D eigenvalue weighted by Gasteiger charge is -2.42.